The summed E-state index contributed by atoms with van der Waals surface area (Å²) in [5.74, 6) is 0. The Hall–Kier alpha value is -0.910. The summed E-state index contributed by atoms with van der Waals surface area (Å²) in [5, 5.41) is 9.49. The van der Waals surface area contributed by atoms with E-state index in [-0.39, 0.29) is 0 Å². The Morgan fingerprint density at radius 1 is 1.67 bits per heavy atom. The molecule has 84 valence electrons. The molecule has 0 radical (unpaired) electrons. The van der Waals surface area contributed by atoms with Gasteiger partial charge in [0, 0.05) is 39.6 Å². The molecular weight excluding hydrogens is 192 g/mol. The van der Waals surface area contributed by atoms with E-state index < -0.39 is 6.10 Å². The minimum atomic E-state index is -0.417. The van der Waals surface area contributed by atoms with Crippen molar-refractivity contribution < 1.29 is 5.11 Å². The first kappa shape index (κ1) is 10.6. The van der Waals surface area contributed by atoms with Gasteiger partial charge in [-0.15, -0.1) is 0 Å². The highest BCUT2D eigenvalue weighted by molar-refractivity contribution is 5.16. The average molecular weight is 210 g/mol. The Balaban J connectivity index is 2.01. The van der Waals surface area contributed by atoms with Crippen LogP contribution in [0, 0.1) is 0 Å². The van der Waals surface area contributed by atoms with Crippen LogP contribution in [-0.4, -0.2) is 45.3 Å². The SMILES string of the molecule is Cn1cnc2c1CN(C[C@@H](O)CN)CC2. The van der Waals surface area contributed by atoms with Gasteiger partial charge >= 0.3 is 0 Å². The van der Waals surface area contributed by atoms with E-state index in [0.717, 1.165) is 19.5 Å². The summed E-state index contributed by atoms with van der Waals surface area (Å²) in [6, 6.07) is 0. The molecule has 0 spiro atoms. The summed E-state index contributed by atoms with van der Waals surface area (Å²) in [6.45, 7) is 2.81. The number of fused-ring (bicyclic) bond motifs is 1. The van der Waals surface area contributed by atoms with Crippen LogP contribution in [0.15, 0.2) is 6.33 Å². The molecule has 0 aromatic carbocycles. The van der Waals surface area contributed by atoms with Gasteiger partial charge in [0.15, 0.2) is 0 Å². The number of β-amino-alcohol motifs (C(OH)–C–C–N with tert-alkyl or cyclic N) is 1. The van der Waals surface area contributed by atoms with Crippen LogP contribution in [0.2, 0.25) is 0 Å². The quantitative estimate of drug-likeness (QED) is 0.678. The van der Waals surface area contributed by atoms with Gasteiger partial charge in [0.05, 0.1) is 23.8 Å². The zero-order valence-electron chi connectivity index (χ0n) is 9.06. The third kappa shape index (κ3) is 2.19. The number of aliphatic hydroxyl groups is 1. The van der Waals surface area contributed by atoms with E-state index in [9.17, 15) is 5.11 Å². The number of rotatable bonds is 3. The fourth-order valence-electron chi connectivity index (χ4n) is 2.00. The predicted molar refractivity (Wildman–Crippen MR) is 57.3 cm³/mol. The highest BCUT2D eigenvalue weighted by atomic mass is 16.3. The van der Waals surface area contributed by atoms with Gasteiger partial charge in [-0.2, -0.15) is 0 Å². The Morgan fingerprint density at radius 2 is 2.47 bits per heavy atom. The molecule has 2 heterocycles. The van der Waals surface area contributed by atoms with Crippen LogP contribution in [0.1, 0.15) is 11.4 Å². The minimum Gasteiger partial charge on any atom is -0.390 e. The van der Waals surface area contributed by atoms with E-state index >= 15 is 0 Å². The largest absolute Gasteiger partial charge is 0.390 e. The Labute approximate surface area is 89.5 Å². The van der Waals surface area contributed by atoms with Gasteiger partial charge in [-0.05, 0) is 0 Å². The van der Waals surface area contributed by atoms with Crippen LogP contribution in [0.4, 0.5) is 0 Å². The molecule has 0 amide bonds. The van der Waals surface area contributed by atoms with Crippen molar-refractivity contribution in [1.82, 2.24) is 14.5 Å². The first-order valence-corrected chi connectivity index (χ1v) is 5.30. The van der Waals surface area contributed by atoms with Crippen molar-refractivity contribution in [1.29, 1.82) is 0 Å². The van der Waals surface area contributed by atoms with Gasteiger partial charge in [-0.1, -0.05) is 0 Å². The van der Waals surface area contributed by atoms with Crippen molar-refractivity contribution in [3.8, 4) is 0 Å². The molecule has 5 heteroatoms. The molecular formula is C10H18N4O. The molecule has 0 unspecified atom stereocenters. The lowest BCUT2D eigenvalue weighted by molar-refractivity contribution is 0.109. The van der Waals surface area contributed by atoms with Gasteiger partial charge < -0.3 is 15.4 Å². The average Bonchev–Trinajstić information content (AvgIpc) is 2.60. The van der Waals surface area contributed by atoms with Crippen molar-refractivity contribution >= 4 is 0 Å². The summed E-state index contributed by atoms with van der Waals surface area (Å²) in [4.78, 5) is 6.56. The molecule has 1 aliphatic heterocycles. The maximum Gasteiger partial charge on any atom is 0.0949 e. The van der Waals surface area contributed by atoms with E-state index in [1.165, 1.54) is 11.4 Å². The standard InChI is InChI=1S/C10H18N4O/c1-13-7-12-9-2-3-14(6-10(9)13)5-8(15)4-11/h7-8,15H,2-6,11H2,1H3/t8-/m0/s1. The normalized spacial score (nSPS) is 18.9. The molecule has 5 nitrogen and oxygen atoms in total. The third-order valence-corrected chi connectivity index (χ3v) is 2.92. The second-order valence-electron chi connectivity index (χ2n) is 4.12. The van der Waals surface area contributed by atoms with Crippen LogP contribution in [0.5, 0.6) is 0 Å². The lowest BCUT2D eigenvalue weighted by Crippen LogP contribution is -2.39. The molecule has 1 atom stereocenters. The summed E-state index contributed by atoms with van der Waals surface area (Å²) < 4.78 is 2.05. The lowest BCUT2D eigenvalue weighted by Gasteiger charge is -2.28. The van der Waals surface area contributed by atoms with Crippen LogP contribution < -0.4 is 5.73 Å². The van der Waals surface area contributed by atoms with E-state index in [4.69, 9.17) is 5.73 Å². The van der Waals surface area contributed by atoms with E-state index in [2.05, 4.69) is 14.5 Å². The first-order chi connectivity index (χ1) is 7.20. The van der Waals surface area contributed by atoms with Gasteiger partial charge in [-0.25, -0.2) is 4.98 Å². The van der Waals surface area contributed by atoms with Gasteiger partial charge in [0.1, 0.15) is 0 Å². The number of nitrogens with zero attached hydrogens (tertiary/aromatic N) is 3. The maximum absolute atomic E-state index is 9.49. The zero-order chi connectivity index (χ0) is 10.8. The molecule has 0 bridgehead atoms. The Morgan fingerprint density at radius 3 is 3.20 bits per heavy atom. The summed E-state index contributed by atoms with van der Waals surface area (Å²) >= 11 is 0. The first-order valence-electron chi connectivity index (χ1n) is 5.30. The van der Waals surface area contributed by atoms with Gasteiger partial charge in [0.25, 0.3) is 0 Å². The fourth-order valence-corrected chi connectivity index (χ4v) is 2.00. The number of aryl methyl sites for hydroxylation is 1. The van der Waals surface area contributed by atoms with Crippen molar-refractivity contribution in [2.24, 2.45) is 12.8 Å². The molecule has 0 saturated carbocycles. The third-order valence-electron chi connectivity index (χ3n) is 2.92. The second-order valence-corrected chi connectivity index (χ2v) is 4.12. The predicted octanol–water partition coefficient (Wildman–Crippen LogP) is -0.902. The highest BCUT2D eigenvalue weighted by Gasteiger charge is 2.21. The van der Waals surface area contributed by atoms with Crippen LogP contribution in [0.25, 0.3) is 0 Å². The van der Waals surface area contributed by atoms with E-state index in [1.54, 1.807) is 0 Å². The number of hydrogen-bond acceptors (Lipinski definition) is 4. The van der Waals surface area contributed by atoms with Crippen LogP contribution in [-0.2, 0) is 20.0 Å². The van der Waals surface area contributed by atoms with Crippen molar-refractivity contribution in [3.05, 3.63) is 17.7 Å². The highest BCUT2D eigenvalue weighted by Crippen LogP contribution is 2.16. The Bertz CT molecular complexity index is 336. The maximum atomic E-state index is 9.49. The van der Waals surface area contributed by atoms with Crippen molar-refractivity contribution in [2.75, 3.05) is 19.6 Å². The molecule has 0 aliphatic carbocycles. The van der Waals surface area contributed by atoms with E-state index in [1.807, 2.05) is 13.4 Å². The summed E-state index contributed by atoms with van der Waals surface area (Å²) in [5.41, 5.74) is 7.85. The smallest absolute Gasteiger partial charge is 0.0949 e. The number of nitrogens with two attached hydrogens (primary N) is 1. The molecule has 1 aliphatic rings. The number of hydrogen-bond donors (Lipinski definition) is 2. The molecule has 2 rings (SSSR count). The van der Waals surface area contributed by atoms with Crippen LogP contribution in [0.3, 0.4) is 0 Å². The van der Waals surface area contributed by atoms with Crippen LogP contribution >= 0.6 is 0 Å². The Kier molecular flexibility index (Phi) is 3.04. The number of aliphatic hydroxyl groups excluding tert-OH is 1. The summed E-state index contributed by atoms with van der Waals surface area (Å²) in [7, 11) is 2.01. The van der Waals surface area contributed by atoms with Gasteiger partial charge in [0.2, 0.25) is 0 Å². The zero-order valence-corrected chi connectivity index (χ0v) is 9.06. The molecule has 1 aromatic rings. The molecule has 0 fully saturated rings. The fraction of sp³-hybridized carbons (Fsp3) is 0.700. The van der Waals surface area contributed by atoms with E-state index in [0.29, 0.717) is 13.1 Å². The number of imidazole rings is 1. The number of aromatic nitrogens is 2. The molecule has 3 N–H and O–H groups in total. The topological polar surface area (TPSA) is 67.3 Å². The second kappa shape index (κ2) is 4.30. The lowest BCUT2D eigenvalue weighted by atomic mass is 10.1. The van der Waals surface area contributed by atoms with Crippen molar-refractivity contribution in [2.45, 2.75) is 19.1 Å². The monoisotopic (exact) mass is 210 g/mol. The molecule has 15 heavy (non-hydrogen) atoms. The minimum absolute atomic E-state index is 0.328. The summed E-state index contributed by atoms with van der Waals surface area (Å²) in [6.07, 6.45) is 2.40. The van der Waals surface area contributed by atoms with Crippen molar-refractivity contribution in [3.63, 3.8) is 0 Å². The molecule has 0 saturated heterocycles. The molecule has 1 aromatic heterocycles. The van der Waals surface area contributed by atoms with Gasteiger partial charge in [-0.3, -0.25) is 4.90 Å².